The molecule has 130 valence electrons. The number of aromatic nitrogens is 2. The number of aliphatic hydroxyl groups is 1. The van der Waals surface area contributed by atoms with E-state index in [0.29, 0.717) is 17.9 Å². The zero-order valence-electron chi connectivity index (χ0n) is 13.8. The fourth-order valence-electron chi connectivity index (χ4n) is 2.32. The Kier molecular flexibility index (Phi) is 5.25. The number of nitrogens with one attached hydrogen (secondary N) is 1. The van der Waals surface area contributed by atoms with Crippen molar-refractivity contribution in [1.29, 1.82) is 0 Å². The van der Waals surface area contributed by atoms with E-state index >= 15 is 0 Å². The number of nitrogens with zero attached hydrogens (tertiary/aromatic N) is 2. The largest absolute Gasteiger partial charge is 0.486 e. The lowest BCUT2D eigenvalue weighted by molar-refractivity contribution is 0.0905. The van der Waals surface area contributed by atoms with Crippen LogP contribution < -0.4 is 10.1 Å². The topological polar surface area (TPSA) is 97.5 Å². The van der Waals surface area contributed by atoms with Crippen molar-refractivity contribution in [2.75, 3.05) is 6.61 Å². The summed E-state index contributed by atoms with van der Waals surface area (Å²) in [6.07, 6.45) is 2.37. The molecule has 0 saturated carbocycles. The maximum absolute atomic E-state index is 12.0. The summed E-state index contributed by atoms with van der Waals surface area (Å²) in [7, 11) is 0. The second-order valence-corrected chi connectivity index (χ2v) is 5.59. The number of carbonyl (C=O) groups is 1. The minimum Gasteiger partial charge on any atom is -0.486 e. The lowest BCUT2D eigenvalue weighted by Gasteiger charge is -2.12. The Morgan fingerprint density at radius 1 is 1.36 bits per heavy atom. The number of aliphatic hydroxyl groups excluding tert-OH is 1. The van der Waals surface area contributed by atoms with Gasteiger partial charge in [0.25, 0.3) is 5.91 Å². The lowest BCUT2D eigenvalue weighted by atomic mass is 10.2. The molecule has 7 heteroatoms. The first-order chi connectivity index (χ1) is 12.2. The summed E-state index contributed by atoms with van der Waals surface area (Å²) in [6.45, 7) is 1.92. The van der Waals surface area contributed by atoms with Crippen LogP contribution in [0.25, 0.3) is 10.9 Å². The standard InChI is InChI=1S/C18H19N3O4/c1-2-13(10-22)20-18(23)17-9-15(25-21-17)11-24-14-5-6-16-12(8-14)4-3-7-19-16/h3-9,13,22H,2,10-11H2,1H3,(H,20,23)/t13-/m0/s1. The average molecular weight is 341 g/mol. The van der Waals surface area contributed by atoms with E-state index in [-0.39, 0.29) is 30.9 Å². The van der Waals surface area contributed by atoms with Gasteiger partial charge in [0.1, 0.15) is 12.4 Å². The maximum Gasteiger partial charge on any atom is 0.273 e. The molecule has 3 aromatic rings. The SMILES string of the molecule is CC[C@@H](CO)NC(=O)c1cc(COc2ccc3ncccc3c2)on1. The summed E-state index contributed by atoms with van der Waals surface area (Å²) in [5.74, 6) is 0.732. The highest BCUT2D eigenvalue weighted by Crippen LogP contribution is 2.20. The summed E-state index contributed by atoms with van der Waals surface area (Å²) >= 11 is 0. The van der Waals surface area contributed by atoms with Gasteiger partial charge in [-0.05, 0) is 30.7 Å². The molecule has 1 aromatic carbocycles. The molecular formula is C18H19N3O4. The first-order valence-corrected chi connectivity index (χ1v) is 8.04. The van der Waals surface area contributed by atoms with Crippen LogP contribution >= 0.6 is 0 Å². The number of ether oxygens (including phenoxy) is 1. The van der Waals surface area contributed by atoms with Crippen molar-refractivity contribution in [3.63, 3.8) is 0 Å². The minimum absolute atomic E-state index is 0.118. The third-order valence-electron chi connectivity index (χ3n) is 3.80. The molecule has 7 nitrogen and oxygen atoms in total. The average Bonchev–Trinajstić information content (AvgIpc) is 3.13. The van der Waals surface area contributed by atoms with E-state index in [4.69, 9.17) is 14.4 Å². The fraction of sp³-hybridized carbons (Fsp3) is 0.278. The van der Waals surface area contributed by atoms with Crippen LogP contribution in [-0.4, -0.2) is 33.8 Å². The van der Waals surface area contributed by atoms with Crippen LogP contribution in [0.2, 0.25) is 0 Å². The van der Waals surface area contributed by atoms with E-state index in [2.05, 4.69) is 15.5 Å². The van der Waals surface area contributed by atoms with Gasteiger partial charge in [-0.1, -0.05) is 18.1 Å². The molecule has 0 aliphatic heterocycles. The highest BCUT2D eigenvalue weighted by Gasteiger charge is 2.16. The van der Waals surface area contributed by atoms with Crippen LogP contribution in [0.3, 0.4) is 0 Å². The molecule has 2 heterocycles. The molecule has 0 radical (unpaired) electrons. The summed E-state index contributed by atoms with van der Waals surface area (Å²) in [4.78, 5) is 16.3. The second kappa shape index (κ2) is 7.76. The van der Waals surface area contributed by atoms with Crippen LogP contribution in [0, 0.1) is 0 Å². The minimum atomic E-state index is -0.382. The number of rotatable bonds is 7. The van der Waals surface area contributed by atoms with Gasteiger partial charge in [0.2, 0.25) is 0 Å². The van der Waals surface area contributed by atoms with Gasteiger partial charge >= 0.3 is 0 Å². The first kappa shape index (κ1) is 16.9. The molecule has 1 amide bonds. The van der Waals surface area contributed by atoms with Gasteiger partial charge in [0.05, 0.1) is 18.2 Å². The molecule has 25 heavy (non-hydrogen) atoms. The van der Waals surface area contributed by atoms with E-state index in [9.17, 15) is 4.79 Å². The first-order valence-electron chi connectivity index (χ1n) is 8.04. The molecule has 3 rings (SSSR count). The Balaban J connectivity index is 1.61. The maximum atomic E-state index is 12.0. The van der Waals surface area contributed by atoms with Gasteiger partial charge < -0.3 is 19.7 Å². The molecule has 2 N–H and O–H groups in total. The molecular weight excluding hydrogens is 322 g/mol. The van der Waals surface area contributed by atoms with Crippen molar-refractivity contribution in [3.05, 3.63) is 54.0 Å². The third kappa shape index (κ3) is 4.13. The molecule has 0 unspecified atom stereocenters. The van der Waals surface area contributed by atoms with Gasteiger partial charge in [-0.25, -0.2) is 0 Å². The summed E-state index contributed by atoms with van der Waals surface area (Å²) in [6, 6.07) is 10.6. The highest BCUT2D eigenvalue weighted by atomic mass is 16.5. The normalized spacial score (nSPS) is 12.1. The fourth-order valence-corrected chi connectivity index (χ4v) is 2.32. The Hall–Kier alpha value is -2.93. The van der Waals surface area contributed by atoms with Crippen molar-refractivity contribution >= 4 is 16.8 Å². The van der Waals surface area contributed by atoms with E-state index < -0.39 is 0 Å². The Labute approximate surface area is 144 Å². The van der Waals surface area contributed by atoms with Crippen LogP contribution in [0.1, 0.15) is 29.6 Å². The number of amides is 1. The Bertz CT molecular complexity index is 858. The number of benzene rings is 1. The van der Waals surface area contributed by atoms with Gasteiger partial charge in [0.15, 0.2) is 11.5 Å². The summed E-state index contributed by atoms with van der Waals surface area (Å²) in [5, 5.41) is 16.5. The van der Waals surface area contributed by atoms with Crippen LogP contribution in [0.4, 0.5) is 0 Å². The molecule has 0 bridgehead atoms. The van der Waals surface area contributed by atoms with Crippen molar-refractivity contribution in [1.82, 2.24) is 15.5 Å². The zero-order valence-corrected chi connectivity index (χ0v) is 13.8. The number of fused-ring (bicyclic) bond motifs is 1. The molecule has 0 spiro atoms. The number of hydrogen-bond acceptors (Lipinski definition) is 6. The van der Waals surface area contributed by atoms with Crippen LogP contribution in [0.5, 0.6) is 5.75 Å². The third-order valence-corrected chi connectivity index (χ3v) is 3.80. The Morgan fingerprint density at radius 2 is 2.24 bits per heavy atom. The van der Waals surface area contributed by atoms with Crippen molar-refractivity contribution in [3.8, 4) is 5.75 Å². The summed E-state index contributed by atoms with van der Waals surface area (Å²) < 4.78 is 10.8. The number of carbonyl (C=O) groups excluding carboxylic acids is 1. The smallest absolute Gasteiger partial charge is 0.273 e. The van der Waals surface area contributed by atoms with Gasteiger partial charge in [-0.15, -0.1) is 0 Å². The van der Waals surface area contributed by atoms with Crippen LogP contribution in [0.15, 0.2) is 47.1 Å². The molecule has 2 aromatic heterocycles. The molecule has 0 fully saturated rings. The van der Waals surface area contributed by atoms with E-state index in [0.717, 1.165) is 10.9 Å². The van der Waals surface area contributed by atoms with E-state index in [1.165, 1.54) is 6.07 Å². The predicted molar refractivity (Wildman–Crippen MR) is 91.2 cm³/mol. The predicted octanol–water partition coefficient (Wildman–Crippen LogP) is 2.30. The van der Waals surface area contributed by atoms with Gasteiger partial charge in [0, 0.05) is 17.6 Å². The molecule has 0 saturated heterocycles. The number of pyridine rings is 1. The van der Waals surface area contributed by atoms with Crippen molar-refractivity contribution in [2.24, 2.45) is 0 Å². The number of hydrogen-bond donors (Lipinski definition) is 2. The van der Waals surface area contributed by atoms with Crippen LogP contribution in [-0.2, 0) is 6.61 Å². The molecule has 0 aliphatic carbocycles. The summed E-state index contributed by atoms with van der Waals surface area (Å²) in [5.41, 5.74) is 1.05. The van der Waals surface area contributed by atoms with Crippen molar-refractivity contribution < 1.29 is 19.2 Å². The van der Waals surface area contributed by atoms with Gasteiger partial charge in [-0.2, -0.15) is 0 Å². The molecule has 0 aliphatic rings. The lowest BCUT2D eigenvalue weighted by Crippen LogP contribution is -2.37. The quantitative estimate of drug-likeness (QED) is 0.684. The zero-order chi connectivity index (χ0) is 17.6. The van der Waals surface area contributed by atoms with Gasteiger partial charge in [-0.3, -0.25) is 9.78 Å². The Morgan fingerprint density at radius 3 is 3.04 bits per heavy atom. The van der Waals surface area contributed by atoms with E-state index in [1.54, 1.807) is 6.20 Å². The highest BCUT2D eigenvalue weighted by molar-refractivity contribution is 5.92. The monoisotopic (exact) mass is 341 g/mol. The van der Waals surface area contributed by atoms with Crippen molar-refractivity contribution in [2.45, 2.75) is 26.0 Å². The molecule has 1 atom stereocenters. The van der Waals surface area contributed by atoms with E-state index in [1.807, 2.05) is 37.3 Å². The second-order valence-electron chi connectivity index (χ2n) is 5.59.